The first-order chi connectivity index (χ1) is 8.09. The van der Waals surface area contributed by atoms with Crippen LogP contribution in [0.5, 0.6) is 0 Å². The third-order valence-corrected chi connectivity index (χ3v) is 2.60. The lowest BCUT2D eigenvalue weighted by Crippen LogP contribution is -2.13. The number of benzene rings is 1. The third-order valence-electron chi connectivity index (χ3n) is 2.37. The van der Waals surface area contributed by atoms with Gasteiger partial charge in [-0.1, -0.05) is 23.7 Å². The number of primary amides is 1. The highest BCUT2D eigenvalue weighted by molar-refractivity contribution is 6.30. The average Bonchev–Trinajstić information content (AvgIpc) is 2.30. The summed E-state index contributed by atoms with van der Waals surface area (Å²) in [5, 5.41) is 0.540. The van der Waals surface area contributed by atoms with Gasteiger partial charge in [0.25, 0.3) is 5.91 Å². The molecule has 0 fully saturated rings. The summed E-state index contributed by atoms with van der Waals surface area (Å²) >= 11 is 5.75. The highest BCUT2D eigenvalue weighted by Crippen LogP contribution is 2.27. The van der Waals surface area contributed by atoms with E-state index in [1.54, 1.807) is 30.3 Å². The average molecular weight is 248 g/mol. The van der Waals surface area contributed by atoms with Crippen molar-refractivity contribution >= 4 is 23.2 Å². The van der Waals surface area contributed by atoms with Crippen LogP contribution in [0.3, 0.4) is 0 Å². The molecule has 0 aliphatic heterocycles. The Bertz CT molecular complexity index is 566. The molecule has 1 aromatic heterocycles. The van der Waals surface area contributed by atoms with Gasteiger partial charge in [-0.25, -0.2) is 0 Å². The van der Waals surface area contributed by atoms with E-state index >= 15 is 0 Å². The zero-order valence-electron chi connectivity index (χ0n) is 8.85. The zero-order chi connectivity index (χ0) is 12.4. The Kier molecular flexibility index (Phi) is 2.97. The van der Waals surface area contributed by atoms with E-state index < -0.39 is 5.91 Å². The maximum atomic E-state index is 11.2. The lowest BCUT2D eigenvalue weighted by Gasteiger charge is -2.08. The lowest BCUT2D eigenvalue weighted by molar-refractivity contribution is 0.100. The monoisotopic (exact) mass is 247 g/mol. The van der Waals surface area contributed by atoms with Gasteiger partial charge in [-0.3, -0.25) is 9.78 Å². The Morgan fingerprint density at radius 1 is 1.24 bits per heavy atom. The predicted molar refractivity (Wildman–Crippen MR) is 67.6 cm³/mol. The maximum absolute atomic E-state index is 11.2. The number of anilines is 1. The van der Waals surface area contributed by atoms with Crippen LogP contribution in [0.15, 0.2) is 36.5 Å². The van der Waals surface area contributed by atoms with Crippen LogP contribution >= 0.6 is 11.6 Å². The predicted octanol–water partition coefficient (Wildman–Crippen LogP) is 2.08. The number of rotatable bonds is 2. The normalized spacial score (nSPS) is 10.2. The number of carbonyl (C=O) groups is 1. The van der Waals surface area contributed by atoms with E-state index in [9.17, 15) is 4.79 Å². The van der Waals surface area contributed by atoms with Gasteiger partial charge in [0, 0.05) is 11.8 Å². The Balaban J connectivity index is 2.56. The summed E-state index contributed by atoms with van der Waals surface area (Å²) in [7, 11) is 0. The van der Waals surface area contributed by atoms with Gasteiger partial charge in [0.1, 0.15) is 0 Å². The number of nitrogen functional groups attached to an aromatic ring is 1. The standard InChI is InChI=1S/C12H10ClN3O/c13-7-4-5-10(16-6-7)8-2-1-3-9(11(8)14)12(15)17/h1-6H,14H2,(H2,15,17). The summed E-state index contributed by atoms with van der Waals surface area (Å²) in [5.41, 5.74) is 13.0. The quantitative estimate of drug-likeness (QED) is 0.797. The Morgan fingerprint density at radius 3 is 2.59 bits per heavy atom. The molecular formula is C12H10ClN3O. The molecule has 0 aliphatic carbocycles. The number of hydrogen-bond acceptors (Lipinski definition) is 3. The van der Waals surface area contributed by atoms with Crippen molar-refractivity contribution in [2.45, 2.75) is 0 Å². The molecule has 1 aromatic carbocycles. The van der Waals surface area contributed by atoms with Crippen molar-refractivity contribution in [1.82, 2.24) is 4.98 Å². The summed E-state index contributed by atoms with van der Waals surface area (Å²) in [6.45, 7) is 0. The second kappa shape index (κ2) is 4.43. The Labute approximate surface area is 103 Å². The van der Waals surface area contributed by atoms with Gasteiger partial charge < -0.3 is 11.5 Å². The minimum atomic E-state index is -0.557. The highest BCUT2D eigenvalue weighted by atomic mass is 35.5. The van der Waals surface area contributed by atoms with Crippen LogP contribution in [0.4, 0.5) is 5.69 Å². The molecule has 0 saturated carbocycles. The summed E-state index contributed by atoms with van der Waals surface area (Å²) < 4.78 is 0. The number of hydrogen-bond donors (Lipinski definition) is 2. The molecule has 17 heavy (non-hydrogen) atoms. The second-order valence-corrected chi connectivity index (χ2v) is 3.93. The lowest BCUT2D eigenvalue weighted by atomic mass is 10.0. The van der Waals surface area contributed by atoms with Crippen LogP contribution in [-0.2, 0) is 0 Å². The number of carbonyl (C=O) groups excluding carboxylic acids is 1. The molecule has 86 valence electrons. The molecule has 4 nitrogen and oxygen atoms in total. The van der Waals surface area contributed by atoms with Crippen LogP contribution in [0.2, 0.25) is 5.02 Å². The number of nitrogens with two attached hydrogens (primary N) is 2. The molecule has 2 aromatic rings. The SMILES string of the molecule is NC(=O)c1cccc(-c2ccc(Cl)cn2)c1N. The minimum absolute atomic E-state index is 0.291. The smallest absolute Gasteiger partial charge is 0.250 e. The van der Waals surface area contributed by atoms with Crippen LogP contribution in [-0.4, -0.2) is 10.9 Å². The minimum Gasteiger partial charge on any atom is -0.398 e. The van der Waals surface area contributed by atoms with Crippen LogP contribution in [0.25, 0.3) is 11.3 Å². The van der Waals surface area contributed by atoms with Gasteiger partial charge in [0.15, 0.2) is 0 Å². The van der Waals surface area contributed by atoms with Crippen molar-refractivity contribution in [2.24, 2.45) is 5.73 Å². The fraction of sp³-hybridized carbons (Fsp3) is 0. The highest BCUT2D eigenvalue weighted by Gasteiger charge is 2.11. The molecule has 0 saturated heterocycles. The van der Waals surface area contributed by atoms with Crippen LogP contribution < -0.4 is 11.5 Å². The van der Waals surface area contributed by atoms with Gasteiger partial charge in [-0.15, -0.1) is 0 Å². The summed E-state index contributed by atoms with van der Waals surface area (Å²) in [6, 6.07) is 8.51. The Hall–Kier alpha value is -2.07. The summed E-state index contributed by atoms with van der Waals surface area (Å²) in [4.78, 5) is 15.3. The summed E-state index contributed by atoms with van der Waals surface area (Å²) in [6.07, 6.45) is 1.52. The van der Waals surface area contributed by atoms with Crippen molar-refractivity contribution in [1.29, 1.82) is 0 Å². The van der Waals surface area contributed by atoms with Crippen molar-refractivity contribution in [3.8, 4) is 11.3 Å². The third kappa shape index (κ3) is 2.21. The summed E-state index contributed by atoms with van der Waals surface area (Å²) in [5.74, 6) is -0.557. The molecule has 4 N–H and O–H groups in total. The van der Waals surface area contributed by atoms with Crippen molar-refractivity contribution in [3.05, 3.63) is 47.1 Å². The fourth-order valence-electron chi connectivity index (χ4n) is 1.54. The van der Waals surface area contributed by atoms with Gasteiger partial charge in [0.05, 0.1) is 22.0 Å². The number of aromatic nitrogens is 1. The fourth-order valence-corrected chi connectivity index (χ4v) is 1.65. The van der Waals surface area contributed by atoms with Gasteiger partial charge >= 0.3 is 0 Å². The first-order valence-corrected chi connectivity index (χ1v) is 5.27. The van der Waals surface area contributed by atoms with E-state index in [2.05, 4.69) is 4.98 Å². The maximum Gasteiger partial charge on any atom is 0.250 e. The van der Waals surface area contributed by atoms with Crippen LogP contribution in [0.1, 0.15) is 10.4 Å². The van der Waals surface area contributed by atoms with Crippen LogP contribution in [0, 0.1) is 0 Å². The number of para-hydroxylation sites is 1. The number of halogens is 1. The van der Waals surface area contributed by atoms with E-state index in [0.29, 0.717) is 27.5 Å². The van der Waals surface area contributed by atoms with Crippen molar-refractivity contribution < 1.29 is 4.79 Å². The number of nitrogens with zero attached hydrogens (tertiary/aromatic N) is 1. The van der Waals surface area contributed by atoms with Crippen molar-refractivity contribution in [2.75, 3.05) is 5.73 Å². The Morgan fingerprint density at radius 2 is 2.00 bits per heavy atom. The molecule has 0 bridgehead atoms. The van der Waals surface area contributed by atoms with Crippen molar-refractivity contribution in [3.63, 3.8) is 0 Å². The first-order valence-electron chi connectivity index (χ1n) is 4.90. The molecular weight excluding hydrogens is 238 g/mol. The molecule has 0 unspecified atom stereocenters. The molecule has 0 aliphatic rings. The topological polar surface area (TPSA) is 82.0 Å². The molecule has 5 heteroatoms. The zero-order valence-corrected chi connectivity index (χ0v) is 9.61. The molecule has 0 radical (unpaired) electrons. The number of amides is 1. The van der Waals surface area contributed by atoms with E-state index in [4.69, 9.17) is 23.1 Å². The second-order valence-electron chi connectivity index (χ2n) is 3.49. The molecule has 2 rings (SSSR count). The molecule has 0 atom stereocenters. The van der Waals surface area contributed by atoms with E-state index in [-0.39, 0.29) is 0 Å². The molecule has 0 spiro atoms. The van der Waals surface area contributed by atoms with Gasteiger partial charge in [0.2, 0.25) is 0 Å². The largest absolute Gasteiger partial charge is 0.398 e. The van der Waals surface area contributed by atoms with E-state index in [1.165, 1.54) is 6.20 Å². The molecule has 1 amide bonds. The first kappa shape index (κ1) is 11.4. The molecule has 1 heterocycles. The van der Waals surface area contributed by atoms with E-state index in [1.807, 2.05) is 0 Å². The van der Waals surface area contributed by atoms with Gasteiger partial charge in [-0.2, -0.15) is 0 Å². The van der Waals surface area contributed by atoms with Gasteiger partial charge in [-0.05, 0) is 18.2 Å². The number of pyridine rings is 1. The van der Waals surface area contributed by atoms with E-state index in [0.717, 1.165) is 0 Å².